The quantitative estimate of drug-likeness (QED) is 0.111. The fraction of sp³-hybridized carbons (Fsp3) is 0.111. The number of hydrazone groups is 1. The van der Waals surface area contributed by atoms with Crippen LogP contribution < -0.4 is 10.2 Å². The summed E-state index contributed by atoms with van der Waals surface area (Å²) in [7, 11) is 0. The van der Waals surface area contributed by atoms with Gasteiger partial charge in [-0.2, -0.15) is 5.10 Å². The van der Waals surface area contributed by atoms with E-state index >= 15 is 0 Å². The summed E-state index contributed by atoms with van der Waals surface area (Å²) in [5, 5.41) is 6.90. The third-order valence-corrected chi connectivity index (χ3v) is 7.22. The van der Waals surface area contributed by atoms with Crippen LogP contribution in [0, 0.1) is 7.14 Å². The molecule has 1 aromatic heterocycles. The third-order valence-electron chi connectivity index (χ3n) is 5.62. The number of para-hydroxylation sites is 2. The zero-order valence-corrected chi connectivity index (χ0v) is 22.8. The summed E-state index contributed by atoms with van der Waals surface area (Å²) in [6.45, 7) is 3.44. The Labute approximate surface area is 225 Å². The molecule has 0 aliphatic rings. The molecule has 1 N–H and O–H groups in total. The van der Waals surface area contributed by atoms with E-state index in [4.69, 9.17) is 4.74 Å². The smallest absolute Gasteiger partial charge is 0.224 e. The summed E-state index contributed by atoms with van der Waals surface area (Å²) in [5.74, 6) is 1.63. The van der Waals surface area contributed by atoms with Crippen LogP contribution in [0.5, 0.6) is 5.75 Å². The monoisotopic (exact) mass is 672 g/mol. The molecule has 0 saturated heterocycles. The average molecular weight is 672 g/mol. The zero-order chi connectivity index (χ0) is 23.5. The molecule has 5 nitrogen and oxygen atoms in total. The van der Waals surface area contributed by atoms with Gasteiger partial charge in [0.1, 0.15) is 12.4 Å². The maximum absolute atomic E-state index is 6.27. The van der Waals surface area contributed by atoms with Gasteiger partial charge >= 0.3 is 0 Å². The van der Waals surface area contributed by atoms with E-state index in [-0.39, 0.29) is 0 Å². The van der Waals surface area contributed by atoms with Crippen molar-refractivity contribution in [2.45, 2.75) is 20.1 Å². The molecule has 0 bridgehead atoms. The molecule has 4 aromatic carbocycles. The second kappa shape index (κ2) is 10.3. The molecule has 0 saturated carbocycles. The van der Waals surface area contributed by atoms with Crippen LogP contribution in [0.25, 0.3) is 21.8 Å². The Morgan fingerprint density at radius 1 is 0.971 bits per heavy atom. The first-order valence-electron chi connectivity index (χ1n) is 11.0. The highest BCUT2D eigenvalue weighted by atomic mass is 127. The number of ether oxygens (including phenoxy) is 1. The molecule has 7 heteroatoms. The molecular formula is C27H22I2N4O. The van der Waals surface area contributed by atoms with Gasteiger partial charge in [0, 0.05) is 6.54 Å². The molecule has 0 aliphatic heterocycles. The minimum atomic E-state index is 0.523. The van der Waals surface area contributed by atoms with Gasteiger partial charge in [-0.25, -0.2) is 10.4 Å². The highest BCUT2D eigenvalue weighted by molar-refractivity contribution is 14.1. The highest BCUT2D eigenvalue weighted by Gasteiger charge is 2.11. The molecule has 0 unspecified atom stereocenters. The minimum Gasteiger partial charge on any atom is -0.487 e. The van der Waals surface area contributed by atoms with Crippen molar-refractivity contribution in [3.05, 3.63) is 97.1 Å². The minimum absolute atomic E-state index is 0.523. The summed E-state index contributed by atoms with van der Waals surface area (Å²) in [6.07, 6.45) is 1.82. The van der Waals surface area contributed by atoms with Gasteiger partial charge in [0.05, 0.1) is 24.4 Å². The lowest BCUT2D eigenvalue weighted by Crippen LogP contribution is -2.03. The summed E-state index contributed by atoms with van der Waals surface area (Å²) in [6, 6.07) is 27.0. The maximum Gasteiger partial charge on any atom is 0.224 e. The number of hydrogen-bond donors (Lipinski definition) is 1. The van der Waals surface area contributed by atoms with E-state index < -0.39 is 0 Å². The molecule has 170 valence electrons. The van der Waals surface area contributed by atoms with Gasteiger partial charge in [0.25, 0.3) is 0 Å². The van der Waals surface area contributed by atoms with Crippen molar-refractivity contribution >= 4 is 79.2 Å². The molecule has 5 rings (SSSR count). The predicted molar refractivity (Wildman–Crippen MR) is 157 cm³/mol. The number of rotatable bonds is 7. The fourth-order valence-electron chi connectivity index (χ4n) is 4.01. The van der Waals surface area contributed by atoms with Crippen LogP contribution in [0.1, 0.15) is 18.1 Å². The molecule has 0 atom stereocenters. The molecule has 0 fully saturated rings. The second-order valence-electron chi connectivity index (χ2n) is 7.78. The molecule has 34 heavy (non-hydrogen) atoms. The van der Waals surface area contributed by atoms with Crippen molar-refractivity contribution in [2.24, 2.45) is 5.10 Å². The van der Waals surface area contributed by atoms with Crippen LogP contribution in [-0.2, 0) is 13.2 Å². The number of anilines is 1. The molecule has 0 amide bonds. The summed E-state index contributed by atoms with van der Waals surface area (Å²) < 4.78 is 10.5. The zero-order valence-electron chi connectivity index (χ0n) is 18.5. The first-order valence-corrected chi connectivity index (χ1v) is 13.1. The van der Waals surface area contributed by atoms with Gasteiger partial charge in [-0.3, -0.25) is 0 Å². The van der Waals surface area contributed by atoms with Crippen LogP contribution in [0.15, 0.2) is 84.0 Å². The summed E-state index contributed by atoms with van der Waals surface area (Å²) >= 11 is 4.66. The van der Waals surface area contributed by atoms with Crippen molar-refractivity contribution in [3.63, 3.8) is 0 Å². The Kier molecular flexibility index (Phi) is 7.00. The molecule has 0 spiro atoms. The van der Waals surface area contributed by atoms with E-state index in [1.54, 1.807) is 0 Å². The van der Waals surface area contributed by atoms with Crippen molar-refractivity contribution < 1.29 is 4.74 Å². The van der Waals surface area contributed by atoms with Gasteiger partial charge in [0.2, 0.25) is 5.95 Å². The Hall–Kier alpha value is -2.66. The first-order chi connectivity index (χ1) is 16.6. The fourth-order valence-corrected chi connectivity index (χ4v) is 6.13. The Morgan fingerprint density at radius 2 is 1.71 bits per heavy atom. The standard InChI is InChI=1S/C27H22I2N4O/c1-2-33-25-13-6-5-12-24(25)31-27(33)32-30-16-18-14-22(28)26(23(29)15-18)34-17-20-10-7-9-19-8-3-4-11-21(19)20/h3-16H,2,17H2,1H3,(H,31,32)/b30-16-. The van der Waals surface area contributed by atoms with E-state index in [1.807, 2.05) is 24.4 Å². The Balaban J connectivity index is 1.32. The largest absolute Gasteiger partial charge is 0.487 e. The van der Waals surface area contributed by atoms with E-state index in [0.717, 1.165) is 42.0 Å². The number of aromatic nitrogens is 2. The highest BCUT2D eigenvalue weighted by Crippen LogP contribution is 2.30. The molecular weight excluding hydrogens is 650 g/mol. The van der Waals surface area contributed by atoms with Crippen LogP contribution in [-0.4, -0.2) is 15.8 Å². The molecule has 1 heterocycles. The SMILES string of the molecule is CCn1c(N/N=C\c2cc(I)c(OCc3cccc4ccccc34)c(I)c2)nc2ccccc21. The van der Waals surface area contributed by atoms with Gasteiger partial charge in [0.15, 0.2) is 0 Å². The van der Waals surface area contributed by atoms with Crippen molar-refractivity contribution in [3.8, 4) is 5.75 Å². The lowest BCUT2D eigenvalue weighted by Gasteiger charge is -2.13. The first kappa shape index (κ1) is 23.1. The number of hydrogen-bond acceptors (Lipinski definition) is 4. The topological polar surface area (TPSA) is 51.4 Å². The number of fused-ring (bicyclic) bond motifs is 2. The number of imidazole rings is 1. The normalized spacial score (nSPS) is 11.5. The lowest BCUT2D eigenvalue weighted by atomic mass is 10.1. The Bertz CT molecular complexity index is 1480. The average Bonchev–Trinajstić information content (AvgIpc) is 3.21. The number of benzene rings is 4. The number of aryl methyl sites for hydroxylation is 1. The number of halogens is 2. The number of nitrogens with zero attached hydrogens (tertiary/aromatic N) is 3. The van der Waals surface area contributed by atoms with Gasteiger partial charge < -0.3 is 9.30 Å². The third kappa shape index (κ3) is 4.76. The van der Waals surface area contributed by atoms with E-state index in [0.29, 0.717) is 6.61 Å². The van der Waals surface area contributed by atoms with Gasteiger partial charge in [-0.15, -0.1) is 0 Å². The molecule has 0 radical (unpaired) electrons. The Morgan fingerprint density at radius 3 is 2.53 bits per heavy atom. The second-order valence-corrected chi connectivity index (χ2v) is 10.1. The lowest BCUT2D eigenvalue weighted by molar-refractivity contribution is 0.303. The van der Waals surface area contributed by atoms with Crippen LogP contribution in [0.3, 0.4) is 0 Å². The van der Waals surface area contributed by atoms with Crippen LogP contribution in [0.4, 0.5) is 5.95 Å². The van der Waals surface area contributed by atoms with Crippen molar-refractivity contribution in [2.75, 3.05) is 5.43 Å². The van der Waals surface area contributed by atoms with Gasteiger partial charge in [-0.05, 0) is 98.3 Å². The van der Waals surface area contributed by atoms with Crippen molar-refractivity contribution in [1.29, 1.82) is 0 Å². The molecule has 5 aromatic rings. The van der Waals surface area contributed by atoms with E-state index in [9.17, 15) is 0 Å². The summed E-state index contributed by atoms with van der Waals surface area (Å²) in [5.41, 5.74) is 7.34. The van der Waals surface area contributed by atoms with E-state index in [2.05, 4.69) is 133 Å². The molecule has 0 aliphatic carbocycles. The number of nitrogens with one attached hydrogen (secondary N) is 1. The predicted octanol–water partition coefficient (Wildman–Crippen LogP) is 7.44. The van der Waals surface area contributed by atoms with Gasteiger partial charge in [-0.1, -0.05) is 54.6 Å². The maximum atomic E-state index is 6.27. The van der Waals surface area contributed by atoms with E-state index in [1.165, 1.54) is 16.3 Å². The van der Waals surface area contributed by atoms with Crippen LogP contribution >= 0.6 is 45.2 Å². The van der Waals surface area contributed by atoms with Crippen molar-refractivity contribution in [1.82, 2.24) is 9.55 Å². The summed E-state index contributed by atoms with van der Waals surface area (Å²) in [4.78, 5) is 4.65. The van der Waals surface area contributed by atoms with Crippen LogP contribution in [0.2, 0.25) is 0 Å².